The highest BCUT2D eigenvalue weighted by Crippen LogP contribution is 2.21. The third-order valence-electron chi connectivity index (χ3n) is 3.24. The summed E-state index contributed by atoms with van der Waals surface area (Å²) in [6.07, 6.45) is 0. The van der Waals surface area contributed by atoms with Crippen LogP contribution in [0.3, 0.4) is 0 Å². The topological polar surface area (TPSA) is 61.4 Å². The number of nitrogens with zero attached hydrogens (tertiary/aromatic N) is 1. The van der Waals surface area contributed by atoms with Gasteiger partial charge in [-0.15, -0.1) is 0 Å². The Balaban J connectivity index is 1.76. The second-order valence-electron chi connectivity index (χ2n) is 5.48. The summed E-state index contributed by atoms with van der Waals surface area (Å²) in [5.41, 5.74) is 2.35. The van der Waals surface area contributed by atoms with Gasteiger partial charge in [-0.1, -0.05) is 38.1 Å². The van der Waals surface area contributed by atoms with Crippen molar-refractivity contribution in [2.45, 2.75) is 26.9 Å². The van der Waals surface area contributed by atoms with E-state index in [0.717, 1.165) is 0 Å². The SMILES string of the molecule is CC(C)CNC(=O)CNC(=O)N1Cc2ccccc2C1. The van der Waals surface area contributed by atoms with E-state index >= 15 is 0 Å². The van der Waals surface area contributed by atoms with Crippen molar-refractivity contribution in [3.63, 3.8) is 0 Å². The van der Waals surface area contributed by atoms with Gasteiger partial charge in [0.2, 0.25) is 5.91 Å². The molecular weight excluding hydrogens is 254 g/mol. The first kappa shape index (κ1) is 14.4. The minimum Gasteiger partial charge on any atom is -0.354 e. The highest BCUT2D eigenvalue weighted by molar-refractivity contribution is 5.84. The molecule has 0 radical (unpaired) electrons. The summed E-state index contributed by atoms with van der Waals surface area (Å²) >= 11 is 0. The molecule has 1 heterocycles. The zero-order valence-corrected chi connectivity index (χ0v) is 12.0. The number of carbonyl (C=O) groups is 2. The van der Waals surface area contributed by atoms with Gasteiger partial charge in [0.05, 0.1) is 6.54 Å². The zero-order chi connectivity index (χ0) is 14.5. The molecule has 5 heteroatoms. The Hall–Kier alpha value is -2.04. The van der Waals surface area contributed by atoms with Crippen LogP contribution in [0.5, 0.6) is 0 Å². The van der Waals surface area contributed by atoms with Crippen LogP contribution in [-0.2, 0) is 17.9 Å². The standard InChI is InChI=1S/C15H21N3O2/c1-11(2)7-16-14(19)8-17-15(20)18-9-12-5-3-4-6-13(12)10-18/h3-6,11H,7-10H2,1-2H3,(H,16,19)(H,17,20). The van der Waals surface area contributed by atoms with Crippen LogP contribution in [0.15, 0.2) is 24.3 Å². The van der Waals surface area contributed by atoms with Gasteiger partial charge in [0.25, 0.3) is 0 Å². The van der Waals surface area contributed by atoms with Crippen molar-refractivity contribution < 1.29 is 9.59 Å². The van der Waals surface area contributed by atoms with Gasteiger partial charge in [-0.3, -0.25) is 4.79 Å². The third kappa shape index (κ3) is 3.73. The quantitative estimate of drug-likeness (QED) is 0.874. The maximum Gasteiger partial charge on any atom is 0.318 e. The van der Waals surface area contributed by atoms with Crippen LogP contribution in [0.2, 0.25) is 0 Å². The number of amides is 3. The molecule has 2 N–H and O–H groups in total. The molecule has 0 aromatic heterocycles. The van der Waals surface area contributed by atoms with E-state index in [2.05, 4.69) is 10.6 Å². The molecule has 3 amide bonds. The molecule has 0 fully saturated rings. The molecule has 108 valence electrons. The largest absolute Gasteiger partial charge is 0.354 e. The molecule has 0 saturated carbocycles. The minimum atomic E-state index is -0.194. The zero-order valence-electron chi connectivity index (χ0n) is 12.0. The van der Waals surface area contributed by atoms with E-state index in [9.17, 15) is 9.59 Å². The van der Waals surface area contributed by atoms with E-state index in [1.807, 2.05) is 38.1 Å². The lowest BCUT2D eigenvalue weighted by atomic mass is 10.1. The monoisotopic (exact) mass is 275 g/mol. The first-order chi connectivity index (χ1) is 9.56. The average Bonchev–Trinajstić information content (AvgIpc) is 2.86. The summed E-state index contributed by atoms with van der Waals surface area (Å²) < 4.78 is 0. The smallest absolute Gasteiger partial charge is 0.318 e. The average molecular weight is 275 g/mol. The second-order valence-corrected chi connectivity index (χ2v) is 5.48. The first-order valence-corrected chi connectivity index (χ1v) is 6.92. The van der Waals surface area contributed by atoms with Crippen molar-refractivity contribution in [2.24, 2.45) is 5.92 Å². The van der Waals surface area contributed by atoms with Gasteiger partial charge < -0.3 is 15.5 Å². The minimum absolute atomic E-state index is 0.0262. The predicted molar refractivity (Wildman–Crippen MR) is 76.9 cm³/mol. The van der Waals surface area contributed by atoms with Crippen LogP contribution in [0.1, 0.15) is 25.0 Å². The Morgan fingerprint density at radius 3 is 2.30 bits per heavy atom. The number of benzene rings is 1. The molecule has 20 heavy (non-hydrogen) atoms. The van der Waals surface area contributed by atoms with Gasteiger partial charge >= 0.3 is 6.03 Å². The number of rotatable bonds is 4. The summed E-state index contributed by atoms with van der Waals surface area (Å²) in [6, 6.07) is 7.80. The highest BCUT2D eigenvalue weighted by Gasteiger charge is 2.22. The first-order valence-electron chi connectivity index (χ1n) is 6.92. The third-order valence-corrected chi connectivity index (χ3v) is 3.24. The van der Waals surface area contributed by atoms with Gasteiger partial charge in [0, 0.05) is 19.6 Å². The molecule has 1 aliphatic heterocycles. The van der Waals surface area contributed by atoms with Crippen LogP contribution in [-0.4, -0.2) is 29.9 Å². The maximum absolute atomic E-state index is 12.0. The van der Waals surface area contributed by atoms with Crippen molar-refractivity contribution in [3.8, 4) is 0 Å². The van der Waals surface area contributed by atoms with E-state index < -0.39 is 0 Å². The van der Waals surface area contributed by atoms with Crippen molar-refractivity contribution in [1.29, 1.82) is 0 Å². The highest BCUT2D eigenvalue weighted by atomic mass is 16.2. The lowest BCUT2D eigenvalue weighted by molar-refractivity contribution is -0.120. The van der Waals surface area contributed by atoms with Crippen molar-refractivity contribution >= 4 is 11.9 Å². The fourth-order valence-electron chi connectivity index (χ4n) is 2.12. The molecule has 0 saturated heterocycles. The Morgan fingerprint density at radius 1 is 1.15 bits per heavy atom. The lowest BCUT2D eigenvalue weighted by Crippen LogP contribution is -2.43. The maximum atomic E-state index is 12.0. The van der Waals surface area contributed by atoms with Crippen LogP contribution < -0.4 is 10.6 Å². The second kappa shape index (κ2) is 6.41. The summed E-state index contributed by atoms with van der Waals surface area (Å²) in [7, 11) is 0. The van der Waals surface area contributed by atoms with E-state index in [-0.39, 0.29) is 18.5 Å². The number of urea groups is 1. The van der Waals surface area contributed by atoms with Crippen LogP contribution in [0.4, 0.5) is 4.79 Å². The summed E-state index contributed by atoms with van der Waals surface area (Å²) in [5, 5.41) is 5.43. The van der Waals surface area contributed by atoms with Gasteiger partial charge in [-0.05, 0) is 17.0 Å². The molecule has 5 nitrogen and oxygen atoms in total. The van der Waals surface area contributed by atoms with E-state index in [0.29, 0.717) is 25.6 Å². The molecule has 0 bridgehead atoms. The molecular formula is C15H21N3O2. The summed E-state index contributed by atoms with van der Waals surface area (Å²) in [5.74, 6) is 0.256. The van der Waals surface area contributed by atoms with Crippen molar-refractivity contribution in [3.05, 3.63) is 35.4 Å². The predicted octanol–water partition coefficient (Wildman–Crippen LogP) is 1.48. The van der Waals surface area contributed by atoms with Gasteiger partial charge in [0.15, 0.2) is 0 Å². The number of hydrogen-bond acceptors (Lipinski definition) is 2. The normalized spacial score (nSPS) is 13.2. The van der Waals surface area contributed by atoms with Crippen LogP contribution in [0.25, 0.3) is 0 Å². The van der Waals surface area contributed by atoms with Gasteiger partial charge in [-0.25, -0.2) is 4.79 Å². The van der Waals surface area contributed by atoms with E-state index in [4.69, 9.17) is 0 Å². The molecule has 1 aliphatic rings. The number of nitrogens with one attached hydrogen (secondary N) is 2. The van der Waals surface area contributed by atoms with Crippen LogP contribution >= 0.6 is 0 Å². The molecule has 1 aromatic rings. The Morgan fingerprint density at radius 2 is 1.75 bits per heavy atom. The Kier molecular flexibility index (Phi) is 4.61. The fourth-order valence-corrected chi connectivity index (χ4v) is 2.12. The Bertz CT molecular complexity index is 475. The molecule has 0 aliphatic carbocycles. The molecule has 0 spiro atoms. The molecule has 1 aromatic carbocycles. The fraction of sp³-hybridized carbons (Fsp3) is 0.467. The van der Waals surface area contributed by atoms with E-state index in [1.165, 1.54) is 11.1 Å². The molecule has 0 unspecified atom stereocenters. The molecule has 0 atom stereocenters. The lowest BCUT2D eigenvalue weighted by Gasteiger charge is -2.16. The van der Waals surface area contributed by atoms with Gasteiger partial charge in [0.1, 0.15) is 0 Å². The van der Waals surface area contributed by atoms with Crippen LogP contribution in [0, 0.1) is 5.92 Å². The van der Waals surface area contributed by atoms with Crippen molar-refractivity contribution in [1.82, 2.24) is 15.5 Å². The Labute approximate surface area is 119 Å². The number of hydrogen-bond donors (Lipinski definition) is 2. The summed E-state index contributed by atoms with van der Waals surface area (Å²) in [4.78, 5) is 25.2. The summed E-state index contributed by atoms with van der Waals surface area (Å²) in [6.45, 7) is 5.92. The number of fused-ring (bicyclic) bond motifs is 1. The molecule has 2 rings (SSSR count). The van der Waals surface area contributed by atoms with Gasteiger partial charge in [-0.2, -0.15) is 0 Å². The number of carbonyl (C=O) groups excluding carboxylic acids is 2. The van der Waals surface area contributed by atoms with Crippen molar-refractivity contribution in [2.75, 3.05) is 13.1 Å². The van der Waals surface area contributed by atoms with E-state index in [1.54, 1.807) is 4.90 Å².